The van der Waals surface area contributed by atoms with Gasteiger partial charge in [0.25, 0.3) is 5.56 Å². The summed E-state index contributed by atoms with van der Waals surface area (Å²) >= 11 is 3.42. The van der Waals surface area contributed by atoms with E-state index in [1.165, 1.54) is 0 Å². The van der Waals surface area contributed by atoms with Gasteiger partial charge >= 0.3 is 6.09 Å². The third kappa shape index (κ3) is 3.12. The molecule has 1 aliphatic carbocycles. The Hall–Kier alpha value is -1.93. The van der Waals surface area contributed by atoms with E-state index in [2.05, 4.69) is 26.2 Å². The van der Waals surface area contributed by atoms with Crippen LogP contribution in [-0.2, 0) is 11.3 Å². The van der Waals surface area contributed by atoms with Crippen LogP contribution >= 0.6 is 15.9 Å². The first-order chi connectivity index (χ1) is 12.4. The molecule has 1 saturated carbocycles. The van der Waals surface area contributed by atoms with E-state index in [1.54, 1.807) is 22.9 Å². The number of aryl methyl sites for hydroxylation is 1. The van der Waals surface area contributed by atoms with Crippen molar-refractivity contribution in [3.8, 4) is 0 Å². The highest BCUT2D eigenvalue weighted by Crippen LogP contribution is 2.45. The first-order valence-electron chi connectivity index (χ1n) is 8.71. The fraction of sp³-hybridized carbons (Fsp3) is 0.500. The lowest BCUT2D eigenvalue weighted by Gasteiger charge is -2.53. The number of hydrogen-bond acceptors (Lipinski definition) is 4. The zero-order valence-electron chi connectivity index (χ0n) is 14.2. The molecule has 1 amide bonds. The third-order valence-corrected chi connectivity index (χ3v) is 6.17. The van der Waals surface area contributed by atoms with Crippen LogP contribution < -0.4 is 10.9 Å². The summed E-state index contributed by atoms with van der Waals surface area (Å²) in [5.41, 5.74) is 0.809. The molecular formula is C18H20BrN3O4. The molecule has 3 aliphatic rings. The van der Waals surface area contributed by atoms with Crippen molar-refractivity contribution in [1.29, 1.82) is 0 Å². The van der Waals surface area contributed by atoms with E-state index in [0.717, 1.165) is 47.6 Å². The molecule has 138 valence electrons. The fourth-order valence-electron chi connectivity index (χ4n) is 4.16. The molecule has 0 radical (unpaired) electrons. The predicted molar refractivity (Wildman–Crippen MR) is 99.4 cm³/mol. The van der Waals surface area contributed by atoms with Crippen LogP contribution in [0.2, 0.25) is 0 Å². The van der Waals surface area contributed by atoms with Gasteiger partial charge < -0.3 is 19.7 Å². The highest BCUT2D eigenvalue weighted by atomic mass is 79.9. The average Bonchev–Trinajstić information content (AvgIpc) is 2.62. The molecule has 0 unspecified atom stereocenters. The van der Waals surface area contributed by atoms with Crippen LogP contribution in [0.3, 0.4) is 0 Å². The minimum Gasteiger partial charge on any atom is -0.465 e. The minimum atomic E-state index is -0.997. The Labute approximate surface area is 158 Å². The standard InChI is InChI=1S/C18H20BrN3O4/c19-12-9-14-13(20-10-12)1-2-15(23)22(14)8-7-18-5-3-17(4-6-18,11-26-18)21-16(24)25/h1-2,9-10,21H,3-8,11H2,(H,24,25). The number of rotatable bonds is 4. The van der Waals surface area contributed by atoms with Gasteiger partial charge in [-0.05, 0) is 60.2 Å². The van der Waals surface area contributed by atoms with Gasteiger partial charge in [-0.3, -0.25) is 9.78 Å². The van der Waals surface area contributed by atoms with E-state index in [0.29, 0.717) is 13.2 Å². The van der Waals surface area contributed by atoms with Crippen molar-refractivity contribution in [2.24, 2.45) is 0 Å². The zero-order valence-corrected chi connectivity index (χ0v) is 15.8. The van der Waals surface area contributed by atoms with E-state index >= 15 is 0 Å². The van der Waals surface area contributed by atoms with Crippen LogP contribution in [0.25, 0.3) is 11.0 Å². The molecule has 0 spiro atoms. The number of carboxylic acid groups (broad SMARTS) is 1. The largest absolute Gasteiger partial charge is 0.465 e. The molecular weight excluding hydrogens is 402 g/mol. The van der Waals surface area contributed by atoms with Crippen LogP contribution in [0.1, 0.15) is 32.1 Å². The molecule has 2 bridgehead atoms. The second kappa shape index (κ2) is 6.35. The number of halogens is 1. The molecule has 0 atom stereocenters. The molecule has 2 saturated heterocycles. The molecule has 26 heavy (non-hydrogen) atoms. The Bertz CT molecular complexity index is 902. The van der Waals surface area contributed by atoms with Crippen LogP contribution in [0, 0.1) is 0 Å². The Morgan fingerprint density at radius 3 is 2.77 bits per heavy atom. The van der Waals surface area contributed by atoms with Gasteiger partial charge in [0, 0.05) is 23.3 Å². The maximum Gasteiger partial charge on any atom is 0.405 e. The predicted octanol–water partition coefficient (Wildman–Crippen LogP) is 2.90. The summed E-state index contributed by atoms with van der Waals surface area (Å²) in [6.07, 6.45) is 4.60. The number of pyridine rings is 2. The van der Waals surface area contributed by atoms with Crippen molar-refractivity contribution in [1.82, 2.24) is 14.9 Å². The van der Waals surface area contributed by atoms with Gasteiger partial charge in [0.2, 0.25) is 0 Å². The summed E-state index contributed by atoms with van der Waals surface area (Å²) in [7, 11) is 0. The van der Waals surface area contributed by atoms with Crippen LogP contribution in [0.4, 0.5) is 4.79 Å². The normalized spacial score (nSPS) is 27.6. The highest BCUT2D eigenvalue weighted by molar-refractivity contribution is 9.10. The second-order valence-electron chi connectivity index (χ2n) is 7.31. The van der Waals surface area contributed by atoms with Gasteiger partial charge in [0.15, 0.2) is 0 Å². The maximum atomic E-state index is 12.4. The summed E-state index contributed by atoms with van der Waals surface area (Å²) in [5.74, 6) is 0. The number of amides is 1. The SMILES string of the molecule is O=C(O)NC12CCC(CCn3c(=O)ccc4ncc(Br)cc43)(CC1)OC2. The van der Waals surface area contributed by atoms with Crippen molar-refractivity contribution in [3.63, 3.8) is 0 Å². The molecule has 7 nitrogen and oxygen atoms in total. The number of ether oxygens (including phenoxy) is 1. The Balaban J connectivity index is 1.53. The fourth-order valence-corrected chi connectivity index (χ4v) is 4.48. The van der Waals surface area contributed by atoms with Gasteiger partial charge in [-0.1, -0.05) is 0 Å². The molecule has 0 aromatic carbocycles. The molecule has 2 N–H and O–H groups in total. The number of hydrogen-bond donors (Lipinski definition) is 2. The van der Waals surface area contributed by atoms with E-state index < -0.39 is 11.6 Å². The molecule has 2 aromatic heterocycles. The lowest BCUT2D eigenvalue weighted by Crippen LogP contribution is -2.62. The van der Waals surface area contributed by atoms with E-state index in [1.807, 2.05) is 6.07 Å². The minimum absolute atomic E-state index is 0.0534. The molecule has 5 rings (SSSR count). The van der Waals surface area contributed by atoms with E-state index in [4.69, 9.17) is 9.84 Å². The monoisotopic (exact) mass is 421 g/mol. The Morgan fingerprint density at radius 2 is 2.12 bits per heavy atom. The summed E-state index contributed by atoms with van der Waals surface area (Å²) in [5, 5.41) is 11.7. The number of fused-ring (bicyclic) bond motifs is 4. The summed E-state index contributed by atoms with van der Waals surface area (Å²) < 4.78 is 8.68. The molecule has 2 aliphatic heterocycles. The number of carbonyl (C=O) groups is 1. The third-order valence-electron chi connectivity index (χ3n) is 5.74. The highest BCUT2D eigenvalue weighted by Gasteiger charge is 2.50. The van der Waals surface area contributed by atoms with Crippen LogP contribution in [0.5, 0.6) is 0 Å². The molecule has 4 heterocycles. The van der Waals surface area contributed by atoms with Crippen molar-refractivity contribution in [2.75, 3.05) is 6.61 Å². The molecule has 2 aromatic rings. The van der Waals surface area contributed by atoms with Gasteiger partial charge in [0.1, 0.15) is 0 Å². The Morgan fingerprint density at radius 1 is 1.35 bits per heavy atom. The Kier molecular flexibility index (Phi) is 4.27. The topological polar surface area (TPSA) is 93.5 Å². The zero-order chi connectivity index (χ0) is 18.4. The average molecular weight is 422 g/mol. The van der Waals surface area contributed by atoms with Gasteiger partial charge in [-0.15, -0.1) is 0 Å². The number of nitrogens with zero attached hydrogens (tertiary/aromatic N) is 2. The van der Waals surface area contributed by atoms with Crippen molar-refractivity contribution in [3.05, 3.63) is 39.2 Å². The second-order valence-corrected chi connectivity index (χ2v) is 8.23. The van der Waals surface area contributed by atoms with Gasteiger partial charge in [-0.2, -0.15) is 0 Å². The summed E-state index contributed by atoms with van der Waals surface area (Å²) in [6, 6.07) is 5.19. The first-order valence-corrected chi connectivity index (χ1v) is 9.50. The van der Waals surface area contributed by atoms with Crippen molar-refractivity contribution < 1.29 is 14.6 Å². The summed E-state index contributed by atoms with van der Waals surface area (Å²) in [6.45, 7) is 0.949. The first kappa shape index (κ1) is 17.5. The number of nitrogens with one attached hydrogen (secondary N) is 1. The molecule has 3 fully saturated rings. The van der Waals surface area contributed by atoms with Gasteiger partial charge in [-0.25, -0.2) is 4.79 Å². The van der Waals surface area contributed by atoms with E-state index in [-0.39, 0.29) is 11.2 Å². The molecule has 8 heteroatoms. The van der Waals surface area contributed by atoms with E-state index in [9.17, 15) is 9.59 Å². The van der Waals surface area contributed by atoms with Gasteiger partial charge in [0.05, 0.1) is 28.8 Å². The number of aromatic nitrogens is 2. The lowest BCUT2D eigenvalue weighted by molar-refractivity contribution is -0.164. The lowest BCUT2D eigenvalue weighted by atomic mass is 9.70. The summed E-state index contributed by atoms with van der Waals surface area (Å²) in [4.78, 5) is 27.8. The van der Waals surface area contributed by atoms with Crippen LogP contribution in [-0.4, -0.2) is 38.5 Å². The smallest absolute Gasteiger partial charge is 0.405 e. The maximum absolute atomic E-state index is 12.4. The van der Waals surface area contributed by atoms with Crippen molar-refractivity contribution >= 4 is 33.1 Å². The van der Waals surface area contributed by atoms with Crippen LogP contribution in [0.15, 0.2) is 33.7 Å². The quantitative estimate of drug-likeness (QED) is 0.791. The van der Waals surface area contributed by atoms with Crippen molar-refractivity contribution in [2.45, 2.75) is 49.8 Å².